The predicted octanol–water partition coefficient (Wildman–Crippen LogP) is 6.37. The van der Waals surface area contributed by atoms with Gasteiger partial charge in [0.2, 0.25) is 0 Å². The van der Waals surface area contributed by atoms with Crippen LogP contribution in [0.5, 0.6) is 5.75 Å². The SMILES string of the molecule is FC(F)Oc1ccccc1Cn1nc2c(C(F)(F)F)cccc2c1-c1ccccc1. The van der Waals surface area contributed by atoms with Gasteiger partial charge in [-0.1, -0.05) is 60.7 Å². The van der Waals surface area contributed by atoms with Crippen LogP contribution in [0.3, 0.4) is 0 Å². The maximum atomic E-state index is 13.5. The lowest BCUT2D eigenvalue weighted by Crippen LogP contribution is -2.09. The molecule has 3 aromatic carbocycles. The summed E-state index contributed by atoms with van der Waals surface area (Å²) in [4.78, 5) is 0. The third-order valence-electron chi connectivity index (χ3n) is 4.63. The standard InChI is InChI=1S/C22H15F5N2O/c23-21(24)30-18-12-5-4-9-15(18)13-29-20(14-7-2-1-3-8-14)16-10-6-11-17(19(16)28-29)22(25,26)27/h1-12,21H,13H2. The highest BCUT2D eigenvalue weighted by molar-refractivity contribution is 5.95. The molecule has 0 saturated heterocycles. The molecule has 154 valence electrons. The zero-order chi connectivity index (χ0) is 21.3. The highest BCUT2D eigenvalue weighted by atomic mass is 19.4. The van der Waals surface area contributed by atoms with E-state index >= 15 is 0 Å². The van der Waals surface area contributed by atoms with Gasteiger partial charge in [-0.25, -0.2) is 0 Å². The highest BCUT2D eigenvalue weighted by Crippen LogP contribution is 2.38. The lowest BCUT2D eigenvalue weighted by atomic mass is 10.0. The Morgan fingerprint density at radius 2 is 1.57 bits per heavy atom. The molecule has 30 heavy (non-hydrogen) atoms. The number of hydrogen-bond acceptors (Lipinski definition) is 2. The van der Waals surface area contributed by atoms with Crippen molar-refractivity contribution in [3.8, 4) is 17.0 Å². The molecule has 0 bridgehead atoms. The van der Waals surface area contributed by atoms with Crippen molar-refractivity contribution in [3.05, 3.63) is 83.9 Å². The van der Waals surface area contributed by atoms with E-state index in [9.17, 15) is 22.0 Å². The fourth-order valence-electron chi connectivity index (χ4n) is 3.40. The molecule has 1 aromatic heterocycles. The Morgan fingerprint density at radius 3 is 2.27 bits per heavy atom. The second-order valence-electron chi connectivity index (χ2n) is 6.56. The van der Waals surface area contributed by atoms with Crippen molar-refractivity contribution < 1.29 is 26.7 Å². The summed E-state index contributed by atoms with van der Waals surface area (Å²) in [6.45, 7) is -3.06. The van der Waals surface area contributed by atoms with E-state index in [-0.39, 0.29) is 17.8 Å². The Balaban J connectivity index is 1.92. The lowest BCUT2D eigenvalue weighted by Gasteiger charge is -2.13. The van der Waals surface area contributed by atoms with E-state index < -0.39 is 18.4 Å². The Bertz CT molecular complexity index is 1170. The first-order chi connectivity index (χ1) is 14.3. The van der Waals surface area contributed by atoms with Gasteiger partial charge in [0.05, 0.1) is 17.8 Å². The van der Waals surface area contributed by atoms with E-state index in [1.54, 1.807) is 54.6 Å². The molecule has 0 atom stereocenters. The van der Waals surface area contributed by atoms with Crippen LogP contribution in [-0.4, -0.2) is 16.4 Å². The average molecular weight is 418 g/mol. The van der Waals surface area contributed by atoms with Gasteiger partial charge in [-0.05, 0) is 12.1 Å². The molecule has 0 aliphatic heterocycles. The summed E-state index contributed by atoms with van der Waals surface area (Å²) >= 11 is 0. The third kappa shape index (κ3) is 3.85. The van der Waals surface area contributed by atoms with Gasteiger partial charge >= 0.3 is 12.8 Å². The van der Waals surface area contributed by atoms with Gasteiger partial charge in [-0.15, -0.1) is 0 Å². The first-order valence-corrected chi connectivity index (χ1v) is 8.99. The molecule has 0 spiro atoms. The minimum atomic E-state index is -4.58. The summed E-state index contributed by atoms with van der Waals surface area (Å²) in [5, 5.41) is 4.55. The first-order valence-electron chi connectivity index (χ1n) is 8.99. The molecule has 0 radical (unpaired) electrons. The van der Waals surface area contributed by atoms with Crippen LogP contribution in [-0.2, 0) is 12.7 Å². The molecule has 0 N–H and O–H groups in total. The molecule has 0 amide bonds. The van der Waals surface area contributed by atoms with Crippen molar-refractivity contribution in [2.75, 3.05) is 0 Å². The summed E-state index contributed by atoms with van der Waals surface area (Å²) in [7, 11) is 0. The first kappa shape index (κ1) is 19.9. The van der Waals surface area contributed by atoms with Crippen LogP contribution in [0.25, 0.3) is 22.2 Å². The van der Waals surface area contributed by atoms with E-state index in [0.29, 0.717) is 22.2 Å². The van der Waals surface area contributed by atoms with E-state index in [2.05, 4.69) is 9.84 Å². The minimum absolute atomic E-state index is 0.0426. The summed E-state index contributed by atoms with van der Waals surface area (Å²) in [6.07, 6.45) is -4.58. The Hall–Kier alpha value is -3.42. The average Bonchev–Trinajstić information content (AvgIpc) is 3.06. The van der Waals surface area contributed by atoms with Gasteiger partial charge in [0.25, 0.3) is 0 Å². The van der Waals surface area contributed by atoms with Crippen molar-refractivity contribution in [3.63, 3.8) is 0 Å². The normalized spacial score (nSPS) is 11.9. The van der Waals surface area contributed by atoms with E-state index in [0.717, 1.165) is 6.07 Å². The van der Waals surface area contributed by atoms with E-state index in [1.807, 2.05) is 0 Å². The number of fused-ring (bicyclic) bond motifs is 1. The second kappa shape index (κ2) is 7.78. The fourth-order valence-corrected chi connectivity index (χ4v) is 3.40. The molecule has 0 unspecified atom stereocenters. The minimum Gasteiger partial charge on any atom is -0.434 e. The van der Waals surface area contributed by atoms with E-state index in [1.165, 1.54) is 16.8 Å². The number of alkyl halides is 5. The Labute approximate surface area is 168 Å². The Kier molecular flexibility index (Phi) is 5.15. The van der Waals surface area contributed by atoms with Crippen molar-refractivity contribution in [2.45, 2.75) is 19.3 Å². The van der Waals surface area contributed by atoms with Gasteiger partial charge in [-0.3, -0.25) is 4.68 Å². The summed E-state index contributed by atoms with van der Waals surface area (Å²) < 4.78 is 72.1. The predicted molar refractivity (Wildman–Crippen MR) is 102 cm³/mol. The molecule has 0 aliphatic carbocycles. The number of halogens is 5. The molecule has 0 aliphatic rings. The molecule has 8 heteroatoms. The van der Waals surface area contributed by atoms with Crippen LogP contribution in [0.4, 0.5) is 22.0 Å². The van der Waals surface area contributed by atoms with E-state index in [4.69, 9.17) is 0 Å². The maximum absolute atomic E-state index is 13.5. The summed E-state index contributed by atoms with van der Waals surface area (Å²) in [6, 6.07) is 18.8. The molecule has 1 heterocycles. The topological polar surface area (TPSA) is 27.1 Å². The van der Waals surface area contributed by atoms with Crippen LogP contribution in [0.2, 0.25) is 0 Å². The number of nitrogens with zero attached hydrogens (tertiary/aromatic N) is 2. The zero-order valence-electron chi connectivity index (χ0n) is 15.4. The van der Waals surface area contributed by atoms with Crippen molar-refractivity contribution in [1.82, 2.24) is 9.78 Å². The van der Waals surface area contributed by atoms with Crippen molar-refractivity contribution in [1.29, 1.82) is 0 Å². The summed E-state index contributed by atoms with van der Waals surface area (Å²) in [5.74, 6) is -0.0536. The Morgan fingerprint density at radius 1 is 0.867 bits per heavy atom. The molecule has 0 fully saturated rings. The fraction of sp³-hybridized carbons (Fsp3) is 0.136. The molecular formula is C22H15F5N2O. The molecule has 4 rings (SSSR count). The maximum Gasteiger partial charge on any atom is 0.418 e. The molecular weight excluding hydrogens is 403 g/mol. The van der Waals surface area contributed by atoms with Crippen LogP contribution in [0.15, 0.2) is 72.8 Å². The van der Waals surface area contributed by atoms with Gasteiger partial charge in [-0.2, -0.15) is 27.1 Å². The van der Waals surface area contributed by atoms with Gasteiger partial charge in [0.1, 0.15) is 11.3 Å². The quantitative estimate of drug-likeness (QED) is 0.352. The zero-order valence-corrected chi connectivity index (χ0v) is 15.4. The van der Waals surface area contributed by atoms with Crippen LogP contribution in [0, 0.1) is 0 Å². The molecule has 0 saturated carbocycles. The highest BCUT2D eigenvalue weighted by Gasteiger charge is 2.34. The van der Waals surface area contributed by atoms with Gasteiger partial charge in [0.15, 0.2) is 0 Å². The monoisotopic (exact) mass is 418 g/mol. The molecule has 3 nitrogen and oxygen atoms in total. The van der Waals surface area contributed by atoms with Crippen molar-refractivity contribution in [2.24, 2.45) is 0 Å². The van der Waals surface area contributed by atoms with Gasteiger partial charge < -0.3 is 4.74 Å². The number of rotatable bonds is 5. The number of benzene rings is 3. The third-order valence-corrected chi connectivity index (χ3v) is 4.63. The largest absolute Gasteiger partial charge is 0.434 e. The number of hydrogen-bond donors (Lipinski definition) is 0. The smallest absolute Gasteiger partial charge is 0.418 e. The van der Waals surface area contributed by atoms with Crippen LogP contribution >= 0.6 is 0 Å². The second-order valence-corrected chi connectivity index (χ2v) is 6.56. The van der Waals surface area contributed by atoms with Crippen molar-refractivity contribution >= 4 is 10.9 Å². The summed E-state index contributed by atoms with van der Waals surface area (Å²) in [5.41, 5.74) is 0.440. The van der Waals surface area contributed by atoms with Gasteiger partial charge in [0, 0.05) is 16.5 Å². The number of ether oxygens (including phenoxy) is 1. The lowest BCUT2D eigenvalue weighted by molar-refractivity contribution is -0.136. The van der Waals surface area contributed by atoms with Crippen LogP contribution < -0.4 is 4.74 Å². The molecule has 4 aromatic rings. The number of para-hydroxylation sites is 1. The van der Waals surface area contributed by atoms with Crippen LogP contribution in [0.1, 0.15) is 11.1 Å². The number of aromatic nitrogens is 2.